The number of hydrogen-bond acceptors (Lipinski definition) is 3. The largest absolute Gasteiger partial charge is 0.355 e. The van der Waals surface area contributed by atoms with Gasteiger partial charge in [-0.3, -0.25) is 4.99 Å². The van der Waals surface area contributed by atoms with Gasteiger partial charge in [-0.05, 0) is 64.4 Å². The van der Waals surface area contributed by atoms with E-state index in [0.717, 1.165) is 35.5 Å². The molecule has 146 valence electrons. The molecular weight excluding hydrogens is 336 g/mol. The molecule has 2 N–H and O–H groups in total. The molecule has 1 saturated carbocycles. The lowest BCUT2D eigenvalue weighted by atomic mass is 10.1. The third kappa shape index (κ3) is 4.89. The number of aromatic nitrogens is 2. The van der Waals surface area contributed by atoms with Crippen molar-refractivity contribution in [1.29, 1.82) is 0 Å². The average molecular weight is 369 g/mol. The summed E-state index contributed by atoms with van der Waals surface area (Å²) in [6.45, 7) is 5.72. The molecular formula is C21H32N6. The van der Waals surface area contributed by atoms with E-state index in [1.54, 1.807) is 0 Å². The van der Waals surface area contributed by atoms with Gasteiger partial charge in [0.2, 0.25) is 0 Å². The Kier molecular flexibility index (Phi) is 6.16. The summed E-state index contributed by atoms with van der Waals surface area (Å²) in [7, 11) is 6.14. The van der Waals surface area contributed by atoms with Crippen LogP contribution in [-0.4, -0.2) is 54.4 Å². The maximum Gasteiger partial charge on any atom is 0.191 e. The second-order valence-corrected chi connectivity index (χ2v) is 7.64. The third-order valence-electron chi connectivity index (χ3n) is 5.21. The summed E-state index contributed by atoms with van der Waals surface area (Å²) in [4.78, 5) is 6.71. The Morgan fingerprint density at radius 2 is 2.00 bits per heavy atom. The fourth-order valence-electron chi connectivity index (χ4n) is 3.59. The van der Waals surface area contributed by atoms with Crippen molar-refractivity contribution in [3.63, 3.8) is 0 Å². The van der Waals surface area contributed by atoms with Crippen molar-refractivity contribution < 1.29 is 0 Å². The van der Waals surface area contributed by atoms with E-state index in [0.29, 0.717) is 12.6 Å². The molecule has 0 amide bonds. The van der Waals surface area contributed by atoms with Gasteiger partial charge in [0, 0.05) is 31.9 Å². The van der Waals surface area contributed by atoms with E-state index in [-0.39, 0.29) is 0 Å². The van der Waals surface area contributed by atoms with Gasteiger partial charge in [-0.1, -0.05) is 18.2 Å². The molecule has 0 saturated heterocycles. The Labute approximate surface area is 162 Å². The molecule has 1 unspecified atom stereocenters. The molecule has 0 radical (unpaired) electrons. The van der Waals surface area contributed by atoms with Crippen LogP contribution in [0.1, 0.15) is 29.8 Å². The van der Waals surface area contributed by atoms with Crippen molar-refractivity contribution in [3.8, 4) is 5.69 Å². The molecule has 1 atom stereocenters. The molecule has 1 aliphatic carbocycles. The molecule has 1 aromatic carbocycles. The fraction of sp³-hybridized carbons (Fsp3) is 0.524. The van der Waals surface area contributed by atoms with Crippen molar-refractivity contribution in [2.75, 3.05) is 27.7 Å². The van der Waals surface area contributed by atoms with Crippen molar-refractivity contribution in [1.82, 2.24) is 25.3 Å². The topological polar surface area (TPSA) is 57.5 Å². The number of rotatable bonds is 7. The summed E-state index contributed by atoms with van der Waals surface area (Å²) in [6, 6.07) is 11.0. The van der Waals surface area contributed by atoms with Gasteiger partial charge in [0.05, 0.1) is 11.4 Å². The predicted octanol–water partition coefficient (Wildman–Crippen LogP) is 2.49. The molecule has 27 heavy (non-hydrogen) atoms. The van der Waals surface area contributed by atoms with Crippen molar-refractivity contribution in [3.05, 3.63) is 47.3 Å². The van der Waals surface area contributed by atoms with E-state index in [2.05, 4.69) is 77.0 Å². The molecule has 0 aliphatic heterocycles. The van der Waals surface area contributed by atoms with Crippen molar-refractivity contribution >= 4 is 5.96 Å². The van der Waals surface area contributed by atoms with Crippen LogP contribution in [0.4, 0.5) is 0 Å². The molecule has 1 aliphatic rings. The Morgan fingerprint density at radius 3 is 2.59 bits per heavy atom. The Hall–Kier alpha value is -2.34. The van der Waals surface area contributed by atoms with Gasteiger partial charge >= 0.3 is 0 Å². The van der Waals surface area contributed by atoms with Gasteiger partial charge in [0.25, 0.3) is 0 Å². The van der Waals surface area contributed by atoms with Gasteiger partial charge in [0.15, 0.2) is 5.96 Å². The normalized spacial score (nSPS) is 15.9. The molecule has 2 aromatic rings. The molecule has 0 bridgehead atoms. The lowest BCUT2D eigenvalue weighted by Crippen LogP contribution is -2.45. The molecule has 6 nitrogen and oxygen atoms in total. The summed E-state index contributed by atoms with van der Waals surface area (Å²) >= 11 is 0. The first-order valence-corrected chi connectivity index (χ1v) is 9.72. The minimum atomic E-state index is 0.561. The monoisotopic (exact) mass is 368 g/mol. The Balaban J connectivity index is 1.64. The lowest BCUT2D eigenvalue weighted by Gasteiger charge is -2.25. The first-order valence-electron chi connectivity index (χ1n) is 9.72. The maximum atomic E-state index is 4.63. The molecule has 6 heteroatoms. The zero-order valence-electron chi connectivity index (χ0n) is 17.2. The summed E-state index contributed by atoms with van der Waals surface area (Å²) in [5.41, 5.74) is 4.47. The van der Waals surface area contributed by atoms with E-state index < -0.39 is 0 Å². The van der Waals surface area contributed by atoms with E-state index in [1.807, 2.05) is 18.7 Å². The van der Waals surface area contributed by atoms with E-state index in [9.17, 15) is 0 Å². The smallest absolute Gasteiger partial charge is 0.191 e. The van der Waals surface area contributed by atoms with Crippen LogP contribution in [0.3, 0.4) is 0 Å². The first kappa shape index (κ1) is 19.4. The zero-order chi connectivity index (χ0) is 19.4. The Bertz CT molecular complexity index is 786. The highest BCUT2D eigenvalue weighted by Gasteiger charge is 2.32. The fourth-order valence-corrected chi connectivity index (χ4v) is 3.59. The summed E-state index contributed by atoms with van der Waals surface area (Å²) in [5, 5.41) is 11.6. The van der Waals surface area contributed by atoms with Crippen LogP contribution in [0.5, 0.6) is 0 Å². The van der Waals surface area contributed by atoms with E-state index >= 15 is 0 Å². The number of benzene rings is 1. The van der Waals surface area contributed by atoms with Gasteiger partial charge in [-0.25, -0.2) is 4.68 Å². The standard InChI is InChI=1S/C21H32N6/c1-15-12-16(2)27(25-15)19-9-7-6-8-18(19)13-23-21(22-3)24-14-20(26(4)5)17-10-11-17/h6-9,12,17,20H,10-11,13-14H2,1-5H3,(H2,22,23,24). The van der Waals surface area contributed by atoms with Crippen LogP contribution in [0.2, 0.25) is 0 Å². The van der Waals surface area contributed by atoms with Gasteiger partial charge in [-0.2, -0.15) is 5.10 Å². The van der Waals surface area contributed by atoms with Gasteiger partial charge in [0.1, 0.15) is 0 Å². The van der Waals surface area contributed by atoms with Crippen LogP contribution in [0.25, 0.3) is 5.69 Å². The van der Waals surface area contributed by atoms with Crippen molar-refractivity contribution in [2.45, 2.75) is 39.3 Å². The molecule has 1 heterocycles. The average Bonchev–Trinajstić information content (AvgIpc) is 3.41. The third-order valence-corrected chi connectivity index (χ3v) is 5.21. The predicted molar refractivity (Wildman–Crippen MR) is 111 cm³/mol. The van der Waals surface area contributed by atoms with Crippen LogP contribution in [0.15, 0.2) is 35.3 Å². The highest BCUT2D eigenvalue weighted by atomic mass is 15.3. The highest BCUT2D eigenvalue weighted by Crippen LogP contribution is 2.34. The molecule has 1 aromatic heterocycles. The van der Waals surface area contributed by atoms with Crippen LogP contribution in [0, 0.1) is 19.8 Å². The summed E-state index contributed by atoms with van der Waals surface area (Å²) in [5.74, 6) is 1.66. The number of nitrogens with zero attached hydrogens (tertiary/aromatic N) is 4. The SMILES string of the molecule is CN=C(NCc1ccccc1-n1nc(C)cc1C)NCC(C1CC1)N(C)C. The maximum absolute atomic E-state index is 4.63. The number of likely N-dealkylation sites (N-methyl/N-ethyl adjacent to an activating group) is 1. The van der Waals surface area contributed by atoms with Crippen molar-refractivity contribution in [2.24, 2.45) is 10.9 Å². The van der Waals surface area contributed by atoms with Crippen LogP contribution < -0.4 is 10.6 Å². The first-order chi connectivity index (χ1) is 13.0. The molecule has 0 spiro atoms. The number of aryl methyl sites for hydroxylation is 2. The second kappa shape index (κ2) is 8.57. The molecule has 1 fully saturated rings. The second-order valence-electron chi connectivity index (χ2n) is 7.64. The number of guanidine groups is 1. The minimum Gasteiger partial charge on any atom is -0.355 e. The quantitative estimate of drug-likeness (QED) is 0.582. The van der Waals surface area contributed by atoms with Gasteiger partial charge < -0.3 is 15.5 Å². The van der Waals surface area contributed by atoms with Crippen LogP contribution in [-0.2, 0) is 6.54 Å². The summed E-state index contributed by atoms with van der Waals surface area (Å²) < 4.78 is 2.01. The number of para-hydroxylation sites is 1. The lowest BCUT2D eigenvalue weighted by molar-refractivity contribution is 0.264. The van der Waals surface area contributed by atoms with Gasteiger partial charge in [-0.15, -0.1) is 0 Å². The van der Waals surface area contributed by atoms with E-state index in [1.165, 1.54) is 18.4 Å². The molecule has 3 rings (SSSR count). The zero-order valence-corrected chi connectivity index (χ0v) is 17.2. The summed E-state index contributed by atoms with van der Waals surface area (Å²) in [6.07, 6.45) is 2.68. The highest BCUT2D eigenvalue weighted by molar-refractivity contribution is 5.79. The number of aliphatic imine (C=N–C) groups is 1. The Morgan fingerprint density at radius 1 is 1.26 bits per heavy atom. The number of nitrogens with one attached hydrogen (secondary N) is 2. The minimum absolute atomic E-state index is 0.561. The number of hydrogen-bond donors (Lipinski definition) is 2. The van der Waals surface area contributed by atoms with E-state index in [4.69, 9.17) is 0 Å². The van der Waals surface area contributed by atoms with Crippen LogP contribution >= 0.6 is 0 Å².